The summed E-state index contributed by atoms with van der Waals surface area (Å²) in [6.45, 7) is 0.915. The summed E-state index contributed by atoms with van der Waals surface area (Å²) < 4.78 is 31.2. The van der Waals surface area contributed by atoms with Gasteiger partial charge in [-0.3, -0.25) is 9.10 Å². The topological polar surface area (TPSA) is 75.7 Å². The Morgan fingerprint density at radius 3 is 2.55 bits per heavy atom. The van der Waals surface area contributed by atoms with Gasteiger partial charge in [0.2, 0.25) is 15.9 Å². The SMILES string of the molecule is CS(=O)(=O)N(CCCC(=O)NCCOc1ccc2ccccc2c1)c1cccc(Cl)c1. The molecule has 0 spiro atoms. The number of carbonyl (C=O) groups is 1. The minimum atomic E-state index is -3.48. The van der Waals surface area contributed by atoms with E-state index in [0.29, 0.717) is 30.3 Å². The third kappa shape index (κ3) is 6.87. The summed E-state index contributed by atoms with van der Waals surface area (Å²) in [5, 5.41) is 5.49. The van der Waals surface area contributed by atoms with Crippen molar-refractivity contribution < 1.29 is 17.9 Å². The zero-order valence-electron chi connectivity index (χ0n) is 17.3. The molecule has 0 saturated carbocycles. The maximum Gasteiger partial charge on any atom is 0.232 e. The highest BCUT2D eigenvalue weighted by molar-refractivity contribution is 7.92. The van der Waals surface area contributed by atoms with Gasteiger partial charge in [-0.2, -0.15) is 0 Å². The Morgan fingerprint density at radius 1 is 1.03 bits per heavy atom. The van der Waals surface area contributed by atoms with Gasteiger partial charge in [-0.1, -0.05) is 48.0 Å². The lowest BCUT2D eigenvalue weighted by Gasteiger charge is -2.22. The normalized spacial score (nSPS) is 11.3. The van der Waals surface area contributed by atoms with E-state index in [1.807, 2.05) is 42.5 Å². The minimum absolute atomic E-state index is 0.151. The second-order valence-corrected chi connectivity index (χ2v) is 9.47. The van der Waals surface area contributed by atoms with E-state index in [9.17, 15) is 13.2 Å². The molecule has 0 aliphatic heterocycles. The van der Waals surface area contributed by atoms with Crippen molar-refractivity contribution in [3.63, 3.8) is 0 Å². The van der Waals surface area contributed by atoms with Crippen molar-refractivity contribution in [3.8, 4) is 5.75 Å². The van der Waals surface area contributed by atoms with Crippen LogP contribution >= 0.6 is 11.6 Å². The molecule has 0 fully saturated rings. The smallest absolute Gasteiger partial charge is 0.232 e. The lowest BCUT2D eigenvalue weighted by atomic mass is 10.1. The summed E-state index contributed by atoms with van der Waals surface area (Å²) in [7, 11) is -3.48. The van der Waals surface area contributed by atoms with Crippen molar-refractivity contribution in [2.45, 2.75) is 12.8 Å². The molecule has 0 saturated heterocycles. The number of ether oxygens (including phenoxy) is 1. The zero-order valence-corrected chi connectivity index (χ0v) is 18.8. The number of sulfonamides is 1. The number of fused-ring (bicyclic) bond motifs is 1. The first-order valence-electron chi connectivity index (χ1n) is 9.94. The molecule has 0 heterocycles. The average Bonchev–Trinajstić information content (AvgIpc) is 2.73. The van der Waals surface area contributed by atoms with Crippen molar-refractivity contribution >= 4 is 44.0 Å². The van der Waals surface area contributed by atoms with Crippen LogP contribution in [0.25, 0.3) is 10.8 Å². The number of rotatable bonds is 10. The fourth-order valence-corrected chi connectivity index (χ4v) is 4.35. The van der Waals surface area contributed by atoms with E-state index >= 15 is 0 Å². The molecule has 3 aromatic rings. The first kappa shape index (κ1) is 22.9. The van der Waals surface area contributed by atoms with Gasteiger partial charge in [-0.15, -0.1) is 0 Å². The number of nitrogens with one attached hydrogen (secondary N) is 1. The fourth-order valence-electron chi connectivity index (χ4n) is 3.21. The van der Waals surface area contributed by atoms with Crippen LogP contribution in [-0.2, 0) is 14.8 Å². The second-order valence-electron chi connectivity index (χ2n) is 7.13. The molecule has 6 nitrogen and oxygen atoms in total. The molecular formula is C23H25ClN2O4S. The van der Waals surface area contributed by atoms with Gasteiger partial charge in [-0.05, 0) is 47.5 Å². The van der Waals surface area contributed by atoms with Gasteiger partial charge < -0.3 is 10.1 Å². The van der Waals surface area contributed by atoms with Crippen molar-refractivity contribution in [2.75, 3.05) is 30.3 Å². The van der Waals surface area contributed by atoms with Gasteiger partial charge >= 0.3 is 0 Å². The standard InChI is InChI=1S/C23H25ClN2O4S/c1-31(28,29)26(21-9-4-8-20(24)17-21)14-5-10-23(27)25-13-15-30-22-12-11-18-6-2-3-7-19(18)16-22/h2-4,6-9,11-12,16-17H,5,10,13-15H2,1H3,(H,25,27). The number of amides is 1. The van der Waals surface area contributed by atoms with E-state index in [4.69, 9.17) is 16.3 Å². The quantitative estimate of drug-likeness (QED) is 0.459. The summed E-state index contributed by atoms with van der Waals surface area (Å²) in [5.41, 5.74) is 0.485. The summed E-state index contributed by atoms with van der Waals surface area (Å²) >= 11 is 5.97. The Hall–Kier alpha value is -2.77. The van der Waals surface area contributed by atoms with Crippen molar-refractivity contribution in [1.82, 2.24) is 5.32 Å². The summed E-state index contributed by atoms with van der Waals surface area (Å²) in [6.07, 6.45) is 1.73. The highest BCUT2D eigenvalue weighted by Crippen LogP contribution is 2.22. The average molecular weight is 461 g/mol. The van der Waals surface area contributed by atoms with Crippen LogP contribution in [0.3, 0.4) is 0 Å². The summed E-state index contributed by atoms with van der Waals surface area (Å²) in [5.74, 6) is 0.597. The van der Waals surface area contributed by atoms with Gasteiger partial charge in [0, 0.05) is 18.0 Å². The summed E-state index contributed by atoms with van der Waals surface area (Å²) in [6, 6.07) is 20.5. The van der Waals surface area contributed by atoms with E-state index in [1.54, 1.807) is 24.3 Å². The first-order chi connectivity index (χ1) is 14.8. The lowest BCUT2D eigenvalue weighted by molar-refractivity contribution is -0.121. The summed E-state index contributed by atoms with van der Waals surface area (Å²) in [4.78, 5) is 12.1. The predicted octanol–water partition coefficient (Wildman–Crippen LogP) is 4.23. The molecule has 3 rings (SSSR count). The van der Waals surface area contributed by atoms with Crippen LogP contribution in [0.1, 0.15) is 12.8 Å². The Balaban J connectivity index is 1.42. The van der Waals surface area contributed by atoms with Crippen LogP contribution in [0.4, 0.5) is 5.69 Å². The van der Waals surface area contributed by atoms with Gasteiger partial charge in [0.1, 0.15) is 12.4 Å². The number of carbonyl (C=O) groups excluding carboxylic acids is 1. The molecule has 8 heteroatoms. The number of halogens is 1. The molecule has 3 aromatic carbocycles. The molecule has 0 aromatic heterocycles. The van der Waals surface area contributed by atoms with Crippen molar-refractivity contribution in [3.05, 3.63) is 71.8 Å². The number of nitrogens with zero attached hydrogens (tertiary/aromatic N) is 1. The highest BCUT2D eigenvalue weighted by Gasteiger charge is 2.17. The molecular weight excluding hydrogens is 436 g/mol. The maximum absolute atomic E-state index is 12.1. The van der Waals surface area contributed by atoms with Crippen molar-refractivity contribution in [1.29, 1.82) is 0 Å². The van der Waals surface area contributed by atoms with Crippen LogP contribution in [0.15, 0.2) is 66.7 Å². The molecule has 1 N–H and O–H groups in total. The minimum Gasteiger partial charge on any atom is -0.492 e. The number of hydrogen-bond acceptors (Lipinski definition) is 4. The van der Waals surface area contributed by atoms with Crippen LogP contribution in [0.5, 0.6) is 5.75 Å². The fraction of sp³-hybridized carbons (Fsp3) is 0.261. The van der Waals surface area contributed by atoms with E-state index in [-0.39, 0.29) is 18.9 Å². The predicted molar refractivity (Wildman–Crippen MR) is 125 cm³/mol. The van der Waals surface area contributed by atoms with Gasteiger partial charge in [0.25, 0.3) is 0 Å². The Morgan fingerprint density at radius 2 is 1.81 bits per heavy atom. The molecule has 0 bridgehead atoms. The number of benzene rings is 3. The van der Waals surface area contributed by atoms with E-state index in [0.717, 1.165) is 22.8 Å². The molecule has 0 aliphatic rings. The highest BCUT2D eigenvalue weighted by atomic mass is 35.5. The first-order valence-corrected chi connectivity index (χ1v) is 12.2. The van der Waals surface area contributed by atoms with Crippen LogP contribution in [-0.4, -0.2) is 40.3 Å². The van der Waals surface area contributed by atoms with E-state index in [1.165, 1.54) is 4.31 Å². The monoisotopic (exact) mass is 460 g/mol. The molecule has 1 amide bonds. The zero-order chi connectivity index (χ0) is 22.3. The third-order valence-electron chi connectivity index (χ3n) is 4.68. The lowest BCUT2D eigenvalue weighted by Crippen LogP contribution is -2.32. The molecule has 164 valence electrons. The van der Waals surface area contributed by atoms with Crippen LogP contribution in [0.2, 0.25) is 5.02 Å². The number of hydrogen-bond donors (Lipinski definition) is 1. The van der Waals surface area contributed by atoms with Gasteiger partial charge in [0.15, 0.2) is 0 Å². The van der Waals surface area contributed by atoms with Gasteiger partial charge in [0.05, 0.1) is 18.5 Å². The molecule has 31 heavy (non-hydrogen) atoms. The Kier molecular flexibility index (Phi) is 7.76. The number of anilines is 1. The molecule has 0 radical (unpaired) electrons. The van der Waals surface area contributed by atoms with Gasteiger partial charge in [-0.25, -0.2) is 8.42 Å². The van der Waals surface area contributed by atoms with Crippen molar-refractivity contribution in [2.24, 2.45) is 0 Å². The van der Waals surface area contributed by atoms with E-state index in [2.05, 4.69) is 5.32 Å². The van der Waals surface area contributed by atoms with E-state index < -0.39 is 10.0 Å². The Bertz CT molecular complexity index is 1150. The maximum atomic E-state index is 12.1. The molecule has 0 atom stereocenters. The largest absolute Gasteiger partial charge is 0.492 e. The van der Waals surface area contributed by atoms with Crippen LogP contribution < -0.4 is 14.4 Å². The van der Waals surface area contributed by atoms with Crippen LogP contribution in [0, 0.1) is 0 Å². The third-order valence-corrected chi connectivity index (χ3v) is 6.10. The second kappa shape index (κ2) is 10.5. The Labute approximate surface area is 187 Å². The molecule has 0 unspecified atom stereocenters. The molecule has 0 aliphatic carbocycles.